The Hall–Kier alpha value is -3.72. The molecule has 2 aromatic heterocycles. The minimum Gasteiger partial charge on any atom is -0.365 e. The molecule has 0 spiro atoms. The summed E-state index contributed by atoms with van der Waals surface area (Å²) in [7, 11) is 0. The topological polar surface area (TPSA) is 116 Å². The van der Waals surface area contributed by atoms with Gasteiger partial charge in [0.25, 0.3) is 11.8 Å². The lowest BCUT2D eigenvalue weighted by atomic mass is 10.0. The summed E-state index contributed by atoms with van der Waals surface area (Å²) in [6, 6.07) is 16.3. The Labute approximate surface area is 186 Å². The molecule has 0 aliphatic rings. The van der Waals surface area contributed by atoms with Crippen LogP contribution in [0.4, 0.5) is 5.88 Å². The number of aromatic nitrogens is 3. The van der Waals surface area contributed by atoms with Gasteiger partial charge in [0.05, 0.1) is 17.1 Å². The second-order valence-corrected chi connectivity index (χ2v) is 7.77. The van der Waals surface area contributed by atoms with E-state index in [9.17, 15) is 9.59 Å². The van der Waals surface area contributed by atoms with Crippen LogP contribution in [-0.2, 0) is 0 Å². The van der Waals surface area contributed by atoms with Gasteiger partial charge in [-0.05, 0) is 50.2 Å². The normalized spacial score (nSPS) is 10.8. The molecule has 0 radical (unpaired) electrons. The molecule has 31 heavy (non-hydrogen) atoms. The zero-order valence-corrected chi connectivity index (χ0v) is 18.3. The fourth-order valence-electron chi connectivity index (χ4n) is 3.36. The highest BCUT2D eigenvalue weighted by Gasteiger charge is 2.28. The first-order valence-electron chi connectivity index (χ1n) is 9.35. The van der Waals surface area contributed by atoms with Crippen molar-refractivity contribution in [3.63, 3.8) is 0 Å². The van der Waals surface area contributed by atoms with Gasteiger partial charge in [-0.25, -0.2) is 4.68 Å². The molecule has 2 amide bonds. The predicted octanol–water partition coefficient (Wildman–Crippen LogP) is 4.26. The highest BCUT2D eigenvalue weighted by Crippen LogP contribution is 2.34. The number of nitrogens with one attached hydrogen (secondary N) is 1. The maximum absolute atomic E-state index is 12.6. The lowest BCUT2D eigenvalue weighted by molar-refractivity contribution is 0.100. The minimum atomic E-state index is -0.770. The summed E-state index contributed by atoms with van der Waals surface area (Å²) < 4.78 is 7.92. The quantitative estimate of drug-likeness (QED) is 0.443. The van der Waals surface area contributed by atoms with Crippen molar-refractivity contribution in [3.05, 3.63) is 81.6 Å². The predicted molar refractivity (Wildman–Crippen MR) is 119 cm³/mol. The number of primary amides is 1. The van der Waals surface area contributed by atoms with Crippen molar-refractivity contribution in [1.29, 1.82) is 0 Å². The van der Waals surface area contributed by atoms with Crippen LogP contribution in [0, 0.1) is 13.8 Å². The van der Waals surface area contributed by atoms with E-state index in [0.717, 1.165) is 15.9 Å². The molecular formula is C22H18BrN5O3. The molecule has 0 atom stereocenters. The number of rotatable bonds is 5. The van der Waals surface area contributed by atoms with Crippen LogP contribution in [0.5, 0.6) is 0 Å². The summed E-state index contributed by atoms with van der Waals surface area (Å²) in [4.78, 5) is 24.9. The second-order valence-electron chi connectivity index (χ2n) is 6.85. The third-order valence-electron chi connectivity index (χ3n) is 4.80. The first-order valence-corrected chi connectivity index (χ1v) is 10.1. The van der Waals surface area contributed by atoms with E-state index in [1.54, 1.807) is 35.9 Å². The molecule has 9 heteroatoms. The number of carbonyl (C=O) groups is 2. The fraction of sp³-hybridized carbons (Fsp3) is 0.0909. The van der Waals surface area contributed by atoms with Gasteiger partial charge >= 0.3 is 0 Å². The second kappa shape index (κ2) is 8.19. The van der Waals surface area contributed by atoms with Gasteiger partial charge in [-0.15, -0.1) is 0 Å². The third kappa shape index (κ3) is 3.87. The van der Waals surface area contributed by atoms with E-state index in [1.165, 1.54) is 0 Å². The number of aryl methyl sites for hydroxylation is 1. The van der Waals surface area contributed by atoms with Gasteiger partial charge in [0.15, 0.2) is 0 Å². The van der Waals surface area contributed by atoms with Crippen LogP contribution in [-0.4, -0.2) is 26.8 Å². The zero-order chi connectivity index (χ0) is 22.1. The third-order valence-corrected chi connectivity index (χ3v) is 5.33. The van der Waals surface area contributed by atoms with Crippen LogP contribution in [0.3, 0.4) is 0 Å². The smallest absolute Gasteiger partial charge is 0.258 e. The van der Waals surface area contributed by atoms with Crippen molar-refractivity contribution in [3.8, 4) is 16.9 Å². The van der Waals surface area contributed by atoms with E-state index >= 15 is 0 Å². The molecule has 0 bridgehead atoms. The number of hydrogen-bond acceptors (Lipinski definition) is 5. The number of halogens is 1. The Morgan fingerprint density at radius 2 is 1.74 bits per heavy atom. The molecule has 8 nitrogen and oxygen atoms in total. The van der Waals surface area contributed by atoms with Gasteiger partial charge in [0.2, 0.25) is 5.88 Å². The molecule has 0 saturated carbocycles. The molecule has 2 aromatic carbocycles. The van der Waals surface area contributed by atoms with Gasteiger partial charge in [-0.1, -0.05) is 39.3 Å². The largest absolute Gasteiger partial charge is 0.365 e. The molecule has 2 heterocycles. The molecule has 3 N–H and O–H groups in total. The minimum absolute atomic E-state index is 0.00993. The first-order chi connectivity index (χ1) is 14.9. The monoisotopic (exact) mass is 479 g/mol. The molecule has 4 rings (SSSR count). The molecule has 0 aliphatic heterocycles. The Morgan fingerprint density at radius 1 is 1.06 bits per heavy atom. The van der Waals surface area contributed by atoms with E-state index in [2.05, 4.69) is 31.5 Å². The van der Waals surface area contributed by atoms with E-state index in [0.29, 0.717) is 16.8 Å². The summed E-state index contributed by atoms with van der Waals surface area (Å²) in [5.74, 6) is -1.33. The van der Waals surface area contributed by atoms with Gasteiger partial charge in [0, 0.05) is 15.6 Å². The number of benzene rings is 2. The summed E-state index contributed by atoms with van der Waals surface area (Å²) in [5.41, 5.74) is 9.11. The fourth-order valence-corrected chi connectivity index (χ4v) is 3.62. The van der Waals surface area contributed by atoms with Gasteiger partial charge < -0.3 is 10.3 Å². The van der Waals surface area contributed by atoms with Crippen LogP contribution in [0.15, 0.2) is 63.6 Å². The maximum Gasteiger partial charge on any atom is 0.258 e. The van der Waals surface area contributed by atoms with Crippen molar-refractivity contribution in [2.75, 3.05) is 5.32 Å². The number of nitrogens with zero attached hydrogens (tertiary/aromatic N) is 3. The zero-order valence-electron chi connectivity index (χ0n) is 16.7. The SMILES string of the molecule is Cc1nn(-c2ccccc2)c(C)c1-c1noc(NC(=O)c2ccc(Br)cc2)c1C(N)=O. The number of anilines is 1. The van der Waals surface area contributed by atoms with E-state index in [4.69, 9.17) is 10.3 Å². The average molecular weight is 480 g/mol. The van der Waals surface area contributed by atoms with Crippen molar-refractivity contribution < 1.29 is 14.1 Å². The molecule has 4 aromatic rings. The van der Waals surface area contributed by atoms with Crippen LogP contribution in [0.25, 0.3) is 16.9 Å². The highest BCUT2D eigenvalue weighted by atomic mass is 79.9. The Kier molecular flexibility index (Phi) is 5.43. The summed E-state index contributed by atoms with van der Waals surface area (Å²) in [6.45, 7) is 3.67. The average Bonchev–Trinajstić information content (AvgIpc) is 3.29. The van der Waals surface area contributed by atoms with Crippen molar-refractivity contribution >= 4 is 33.6 Å². The summed E-state index contributed by atoms with van der Waals surface area (Å²) >= 11 is 3.32. The lowest BCUT2D eigenvalue weighted by Crippen LogP contribution is -2.17. The van der Waals surface area contributed by atoms with Gasteiger partial charge in [0.1, 0.15) is 11.3 Å². The Balaban J connectivity index is 1.75. The van der Waals surface area contributed by atoms with Gasteiger partial charge in [-0.3, -0.25) is 14.9 Å². The highest BCUT2D eigenvalue weighted by molar-refractivity contribution is 9.10. The number of carbonyl (C=O) groups excluding carboxylic acids is 2. The van der Waals surface area contributed by atoms with Crippen LogP contribution in [0.1, 0.15) is 32.1 Å². The van der Waals surface area contributed by atoms with Crippen LogP contribution < -0.4 is 11.1 Å². The van der Waals surface area contributed by atoms with E-state index in [1.807, 2.05) is 37.3 Å². The standard InChI is InChI=1S/C22H18BrN5O3/c1-12-17(13(2)28(26-12)16-6-4-3-5-7-16)19-18(20(24)29)22(31-27-19)25-21(30)14-8-10-15(23)11-9-14/h3-11H,1-2H3,(H2,24,29)(H,25,30). The number of hydrogen-bond donors (Lipinski definition) is 2. The number of nitrogens with two attached hydrogens (primary N) is 1. The lowest BCUT2D eigenvalue weighted by Gasteiger charge is -2.05. The summed E-state index contributed by atoms with van der Waals surface area (Å²) in [5, 5.41) is 11.2. The van der Waals surface area contributed by atoms with Gasteiger partial charge in [-0.2, -0.15) is 5.10 Å². The Morgan fingerprint density at radius 3 is 2.39 bits per heavy atom. The maximum atomic E-state index is 12.6. The molecular weight excluding hydrogens is 462 g/mol. The van der Waals surface area contributed by atoms with E-state index < -0.39 is 11.8 Å². The van der Waals surface area contributed by atoms with Crippen molar-refractivity contribution in [1.82, 2.24) is 14.9 Å². The molecule has 0 unspecified atom stereocenters. The van der Waals surface area contributed by atoms with E-state index in [-0.39, 0.29) is 17.1 Å². The van der Waals surface area contributed by atoms with Crippen molar-refractivity contribution in [2.24, 2.45) is 5.73 Å². The van der Waals surface area contributed by atoms with Crippen molar-refractivity contribution in [2.45, 2.75) is 13.8 Å². The molecule has 0 saturated heterocycles. The molecule has 0 aliphatic carbocycles. The number of amides is 2. The Bertz CT molecular complexity index is 1280. The molecule has 0 fully saturated rings. The van der Waals surface area contributed by atoms with Crippen LogP contribution >= 0.6 is 15.9 Å². The number of para-hydroxylation sites is 1. The first kappa shape index (κ1) is 20.5. The molecule has 156 valence electrons. The van der Waals surface area contributed by atoms with Crippen LogP contribution in [0.2, 0.25) is 0 Å². The summed E-state index contributed by atoms with van der Waals surface area (Å²) in [6.07, 6.45) is 0.